The van der Waals surface area contributed by atoms with E-state index in [1.807, 2.05) is 0 Å². The Kier molecular flexibility index (Phi) is 7.42. The number of carbonyl (C=O) groups is 1. The molecular formula is C22H23ClNO7S+. The van der Waals surface area contributed by atoms with Crippen LogP contribution in [0.3, 0.4) is 0 Å². The van der Waals surface area contributed by atoms with Gasteiger partial charge in [-0.1, -0.05) is 11.6 Å². The fourth-order valence-corrected chi connectivity index (χ4v) is 4.72. The Morgan fingerprint density at radius 1 is 1.12 bits per heavy atom. The zero-order valence-corrected chi connectivity index (χ0v) is 19.6. The van der Waals surface area contributed by atoms with Crippen LogP contribution in [0.4, 0.5) is 0 Å². The number of fused-ring (bicyclic) bond motifs is 1. The van der Waals surface area contributed by atoms with Crippen molar-refractivity contribution in [3.63, 3.8) is 0 Å². The lowest BCUT2D eigenvalue weighted by molar-refractivity contribution is 0.0955. The number of methoxy groups -OCH3 is 3. The molecule has 3 aromatic rings. The Balaban J connectivity index is 1.74. The fraction of sp³-hybridized carbons (Fsp3) is 0.273. The van der Waals surface area contributed by atoms with Crippen LogP contribution < -0.4 is 25.2 Å². The van der Waals surface area contributed by atoms with Crippen LogP contribution in [-0.2, 0) is 10.9 Å². The molecule has 0 saturated carbocycles. The maximum absolute atomic E-state index is 12.6. The van der Waals surface area contributed by atoms with Gasteiger partial charge in [0, 0.05) is 27.5 Å². The zero-order chi connectivity index (χ0) is 23.4. The van der Waals surface area contributed by atoms with Crippen LogP contribution in [0.5, 0.6) is 23.0 Å². The molecule has 0 aliphatic carbocycles. The summed E-state index contributed by atoms with van der Waals surface area (Å²) in [5.41, 5.74) is -0.0732. The molecule has 1 unspecified atom stereocenters. The predicted molar refractivity (Wildman–Crippen MR) is 124 cm³/mol. The number of rotatable bonds is 8. The van der Waals surface area contributed by atoms with Gasteiger partial charge in [0.2, 0.25) is 5.75 Å². The van der Waals surface area contributed by atoms with E-state index in [9.17, 15) is 14.7 Å². The maximum Gasteiger partial charge on any atom is 0.396 e. The average Bonchev–Trinajstić information content (AvgIpc) is 2.77. The Morgan fingerprint density at radius 2 is 1.78 bits per heavy atom. The molecule has 170 valence electrons. The van der Waals surface area contributed by atoms with Crippen molar-refractivity contribution in [2.24, 2.45) is 0 Å². The lowest BCUT2D eigenvalue weighted by atomic mass is 10.1. The number of amides is 1. The first kappa shape index (κ1) is 23.6. The summed E-state index contributed by atoms with van der Waals surface area (Å²) < 4.78 is 21.1. The van der Waals surface area contributed by atoms with Crippen LogP contribution in [0.2, 0.25) is 5.02 Å². The van der Waals surface area contributed by atoms with Gasteiger partial charge >= 0.3 is 5.63 Å². The number of hydrogen-bond donors (Lipinski definition) is 2. The summed E-state index contributed by atoms with van der Waals surface area (Å²) in [6.07, 6.45) is 1.80. The number of benzene rings is 2. The van der Waals surface area contributed by atoms with Gasteiger partial charge < -0.3 is 29.1 Å². The number of hydrogen-bond acceptors (Lipinski definition) is 7. The van der Waals surface area contributed by atoms with Gasteiger partial charge in [0.05, 0.1) is 33.3 Å². The first-order valence-electron chi connectivity index (χ1n) is 9.46. The fourth-order valence-electron chi connectivity index (χ4n) is 3.18. The van der Waals surface area contributed by atoms with Crippen molar-refractivity contribution in [2.75, 3.05) is 39.9 Å². The van der Waals surface area contributed by atoms with Gasteiger partial charge in [0.15, 0.2) is 17.2 Å². The van der Waals surface area contributed by atoms with Gasteiger partial charge in [-0.05, 0) is 24.3 Å². The first-order chi connectivity index (χ1) is 15.3. The van der Waals surface area contributed by atoms with Crippen LogP contribution in [0.15, 0.2) is 44.4 Å². The molecule has 1 heterocycles. The van der Waals surface area contributed by atoms with Crippen molar-refractivity contribution in [1.29, 1.82) is 0 Å². The Labute approximate surface area is 192 Å². The Morgan fingerprint density at radius 3 is 2.38 bits per heavy atom. The molecule has 2 N–H and O–H groups in total. The number of halogens is 1. The quantitative estimate of drug-likeness (QED) is 0.376. The molecule has 0 spiro atoms. The number of ether oxygens (including phenoxy) is 3. The molecule has 2 aromatic carbocycles. The second-order valence-electron chi connectivity index (χ2n) is 6.72. The second-order valence-corrected chi connectivity index (χ2v) is 9.25. The van der Waals surface area contributed by atoms with Crippen molar-refractivity contribution >= 4 is 39.4 Å². The van der Waals surface area contributed by atoms with Crippen LogP contribution in [0, 0.1) is 0 Å². The van der Waals surface area contributed by atoms with Gasteiger partial charge in [0.1, 0.15) is 17.6 Å². The third-order valence-electron chi connectivity index (χ3n) is 4.77. The molecule has 32 heavy (non-hydrogen) atoms. The highest BCUT2D eigenvalue weighted by Gasteiger charge is 2.28. The van der Waals surface area contributed by atoms with Gasteiger partial charge in [-0.15, -0.1) is 0 Å². The average molecular weight is 481 g/mol. The highest BCUT2D eigenvalue weighted by Crippen LogP contribution is 2.38. The Hall–Kier alpha value is -3.04. The normalized spacial score (nSPS) is 11.8. The molecule has 0 aliphatic rings. The topological polar surface area (TPSA) is 107 Å². The van der Waals surface area contributed by atoms with Crippen molar-refractivity contribution in [3.05, 3.63) is 51.3 Å². The van der Waals surface area contributed by atoms with Crippen molar-refractivity contribution in [3.8, 4) is 23.0 Å². The number of aromatic hydroxyl groups is 1. The molecule has 0 fully saturated rings. The molecule has 1 atom stereocenters. The maximum atomic E-state index is 12.6. The van der Waals surface area contributed by atoms with Crippen molar-refractivity contribution in [1.82, 2.24) is 5.32 Å². The van der Waals surface area contributed by atoms with Crippen molar-refractivity contribution in [2.45, 2.75) is 4.90 Å². The van der Waals surface area contributed by atoms with Crippen LogP contribution in [-0.4, -0.2) is 50.9 Å². The second kappa shape index (κ2) is 10.1. The van der Waals surface area contributed by atoms with E-state index in [0.717, 1.165) is 0 Å². The minimum absolute atomic E-state index is 0.130. The molecule has 1 amide bonds. The molecule has 1 aromatic heterocycles. The third kappa shape index (κ3) is 4.73. The lowest BCUT2D eigenvalue weighted by Gasteiger charge is -2.14. The van der Waals surface area contributed by atoms with Gasteiger partial charge in [-0.25, -0.2) is 4.79 Å². The van der Waals surface area contributed by atoms with E-state index >= 15 is 0 Å². The summed E-state index contributed by atoms with van der Waals surface area (Å²) in [7, 11) is 3.74. The summed E-state index contributed by atoms with van der Waals surface area (Å²) in [6, 6.07) is 7.80. The predicted octanol–water partition coefficient (Wildman–Crippen LogP) is 3.21. The molecular weight excluding hydrogens is 458 g/mol. The van der Waals surface area contributed by atoms with Gasteiger partial charge in [-0.2, -0.15) is 0 Å². The van der Waals surface area contributed by atoms with E-state index < -0.39 is 16.5 Å². The van der Waals surface area contributed by atoms with E-state index in [1.54, 1.807) is 30.5 Å². The monoisotopic (exact) mass is 480 g/mol. The van der Waals surface area contributed by atoms with E-state index in [0.29, 0.717) is 39.0 Å². The minimum Gasteiger partial charge on any atom is -0.503 e. The minimum atomic E-state index is -0.681. The summed E-state index contributed by atoms with van der Waals surface area (Å²) in [5.74, 6) is 1.08. The molecule has 0 aliphatic heterocycles. The number of nitrogens with one attached hydrogen (secondary N) is 1. The summed E-state index contributed by atoms with van der Waals surface area (Å²) >= 11 is 5.92. The number of carbonyl (C=O) groups excluding carboxylic acids is 1. The standard InChI is InChI=1S/C22H22ClNO7S/c1-28-16-9-12(10-17(29-2)19(16)30-3)21(26)24-7-8-32(4)20-18(25)14-6-5-13(23)11-15(14)31-22(20)27/h5-6,9-11H,7-8H2,1-4H3,(H-,24,25,26,27)/p+1. The van der Waals surface area contributed by atoms with E-state index in [-0.39, 0.29) is 28.7 Å². The highest BCUT2D eigenvalue weighted by atomic mass is 35.5. The summed E-state index contributed by atoms with van der Waals surface area (Å²) in [4.78, 5) is 25.3. The molecule has 3 rings (SSSR count). The van der Waals surface area contributed by atoms with Gasteiger partial charge in [-0.3, -0.25) is 4.79 Å². The summed E-state index contributed by atoms with van der Waals surface area (Å²) in [6.45, 7) is 0.270. The van der Waals surface area contributed by atoms with Crippen LogP contribution in [0.1, 0.15) is 10.4 Å². The van der Waals surface area contributed by atoms with Crippen LogP contribution >= 0.6 is 11.6 Å². The SMILES string of the molecule is COc1cc(C(=O)NCC[S+](C)c2c(O)c3ccc(Cl)cc3oc2=O)cc(OC)c1OC. The Bertz CT molecular complexity index is 1190. The lowest BCUT2D eigenvalue weighted by Crippen LogP contribution is -2.30. The van der Waals surface area contributed by atoms with E-state index in [1.165, 1.54) is 27.4 Å². The zero-order valence-electron chi connectivity index (χ0n) is 18.0. The largest absolute Gasteiger partial charge is 0.503 e. The highest BCUT2D eigenvalue weighted by molar-refractivity contribution is 7.96. The first-order valence-corrected chi connectivity index (χ1v) is 11.6. The molecule has 0 radical (unpaired) electrons. The molecule has 8 nitrogen and oxygen atoms in total. The summed E-state index contributed by atoms with van der Waals surface area (Å²) in [5, 5.41) is 14.2. The van der Waals surface area contributed by atoms with Gasteiger partial charge in [0.25, 0.3) is 10.8 Å². The van der Waals surface area contributed by atoms with E-state index in [2.05, 4.69) is 5.32 Å². The van der Waals surface area contributed by atoms with Crippen molar-refractivity contribution < 1.29 is 28.5 Å². The third-order valence-corrected chi connectivity index (χ3v) is 6.88. The molecule has 0 bridgehead atoms. The molecule has 10 heteroatoms. The van der Waals surface area contributed by atoms with E-state index in [4.69, 9.17) is 30.2 Å². The molecule has 0 saturated heterocycles. The van der Waals surface area contributed by atoms with Crippen LogP contribution in [0.25, 0.3) is 11.0 Å². The smallest absolute Gasteiger partial charge is 0.396 e.